The molecule has 0 heterocycles. The fraction of sp³-hybridized carbons (Fsp3) is 0.618. The molecular weight excluding hydrogens is 1010 g/mol. The normalized spacial score (nSPS) is 13.2. The molecule has 0 N–H and O–H groups in total. The van der Waals surface area contributed by atoms with Gasteiger partial charge in [0.15, 0.2) is 6.10 Å². The van der Waals surface area contributed by atoms with Crippen LogP contribution in [0.1, 0.15) is 284 Å². The van der Waals surface area contributed by atoms with Crippen LogP contribution in [0.3, 0.4) is 0 Å². The minimum atomic E-state index is -0.803. The van der Waals surface area contributed by atoms with Gasteiger partial charge in [0, 0.05) is 19.3 Å². The van der Waals surface area contributed by atoms with Crippen LogP contribution >= 0.6 is 0 Å². The van der Waals surface area contributed by atoms with E-state index in [1.807, 2.05) is 0 Å². The van der Waals surface area contributed by atoms with Gasteiger partial charge in [0.1, 0.15) is 13.2 Å². The maximum atomic E-state index is 12.9. The van der Waals surface area contributed by atoms with Gasteiger partial charge in [0.25, 0.3) is 0 Å². The third kappa shape index (κ3) is 65.8. The van der Waals surface area contributed by atoms with E-state index in [0.29, 0.717) is 19.3 Å². The van der Waals surface area contributed by atoms with Crippen LogP contribution in [0.5, 0.6) is 0 Å². The molecule has 6 heteroatoms. The number of carbonyl (C=O) groups excluding carboxylic acids is 3. The molecule has 0 bridgehead atoms. The Kier molecular flexibility index (Phi) is 64.4. The summed E-state index contributed by atoms with van der Waals surface area (Å²) in [5.74, 6) is -0.930. The molecule has 0 aliphatic carbocycles. The predicted molar refractivity (Wildman–Crippen MR) is 357 cm³/mol. The molecule has 0 spiro atoms. The summed E-state index contributed by atoms with van der Waals surface area (Å²) in [6, 6.07) is 0. The SMILES string of the molecule is CC/C=C\C/C=C\C/C=C\C/C=C\C/C=C\C/C=C\CCCCCCCCCCC(=O)OCC(COC(=O)CCCCCCC/C=C\C/C=C\CCCC)OC(=O)CCCCCCCCC/C=C\C/C=C\C/C=C\C/C=C\C/C=C\CC. The average molecular weight is 1130 g/mol. The Bertz CT molecular complexity index is 1830. The van der Waals surface area contributed by atoms with Gasteiger partial charge in [-0.25, -0.2) is 0 Å². The van der Waals surface area contributed by atoms with E-state index in [9.17, 15) is 14.4 Å². The van der Waals surface area contributed by atoms with Gasteiger partial charge < -0.3 is 14.2 Å². The second-order valence-corrected chi connectivity index (χ2v) is 21.6. The number of hydrogen-bond acceptors (Lipinski definition) is 6. The van der Waals surface area contributed by atoms with Crippen molar-refractivity contribution in [2.45, 2.75) is 290 Å². The van der Waals surface area contributed by atoms with Gasteiger partial charge in [-0.15, -0.1) is 0 Å². The number of esters is 3. The van der Waals surface area contributed by atoms with Crippen molar-refractivity contribution in [3.63, 3.8) is 0 Å². The topological polar surface area (TPSA) is 78.9 Å². The second-order valence-electron chi connectivity index (χ2n) is 21.6. The largest absolute Gasteiger partial charge is 0.462 e. The molecule has 0 rings (SSSR count). The van der Waals surface area contributed by atoms with Crippen LogP contribution in [-0.2, 0) is 28.6 Å². The summed E-state index contributed by atoms with van der Waals surface area (Å²) in [6.45, 7) is 6.35. The quantitative estimate of drug-likeness (QED) is 0.0261. The molecular formula is C76H122O6. The highest BCUT2D eigenvalue weighted by atomic mass is 16.6. The number of carbonyl (C=O) groups is 3. The van der Waals surface area contributed by atoms with E-state index in [1.54, 1.807) is 0 Å². The summed E-state index contributed by atoms with van der Waals surface area (Å²) in [7, 11) is 0. The summed E-state index contributed by atoms with van der Waals surface area (Å²) in [4.78, 5) is 38.4. The van der Waals surface area contributed by atoms with Crippen molar-refractivity contribution < 1.29 is 28.6 Å². The van der Waals surface area contributed by atoms with Gasteiger partial charge >= 0.3 is 17.9 Å². The lowest BCUT2D eigenvalue weighted by atomic mass is 10.1. The molecule has 1 atom stereocenters. The van der Waals surface area contributed by atoms with Gasteiger partial charge in [-0.1, -0.05) is 281 Å². The first-order valence-electron chi connectivity index (χ1n) is 33.5. The van der Waals surface area contributed by atoms with Crippen LogP contribution in [0.2, 0.25) is 0 Å². The third-order valence-corrected chi connectivity index (χ3v) is 13.7. The highest BCUT2D eigenvalue weighted by Crippen LogP contribution is 2.15. The number of rotatable bonds is 59. The van der Waals surface area contributed by atoms with Crippen molar-refractivity contribution in [2.24, 2.45) is 0 Å². The van der Waals surface area contributed by atoms with Crippen molar-refractivity contribution in [2.75, 3.05) is 13.2 Å². The number of ether oxygens (including phenoxy) is 3. The minimum absolute atomic E-state index is 0.0976. The molecule has 0 fully saturated rings. The zero-order valence-corrected chi connectivity index (χ0v) is 52.9. The number of allylic oxidation sites excluding steroid dienone is 26. The smallest absolute Gasteiger partial charge is 0.306 e. The fourth-order valence-corrected chi connectivity index (χ4v) is 8.78. The Balaban J connectivity index is 4.41. The zero-order chi connectivity index (χ0) is 59.2. The van der Waals surface area contributed by atoms with Crippen LogP contribution in [0.25, 0.3) is 0 Å². The van der Waals surface area contributed by atoms with E-state index in [-0.39, 0.29) is 31.1 Å². The lowest BCUT2D eigenvalue weighted by molar-refractivity contribution is -0.167. The lowest BCUT2D eigenvalue weighted by Gasteiger charge is -2.18. The molecule has 0 saturated heterocycles. The molecule has 0 aromatic carbocycles. The molecule has 462 valence electrons. The molecule has 0 aliphatic heterocycles. The Morgan fingerprint density at radius 1 is 0.256 bits per heavy atom. The molecule has 82 heavy (non-hydrogen) atoms. The standard InChI is InChI=1S/C76H122O6/c1-4-7-10-13-16-19-22-25-28-30-32-34-36-37-38-39-41-42-44-46-48-51-54-57-60-63-66-69-75(78)81-72-73(71-80-74(77)68-65-62-59-56-53-50-27-24-21-18-15-12-9-6-3)82-76(79)70-67-64-61-58-55-52-49-47-45-43-40-35-33-31-29-26-23-20-17-14-11-8-5-2/h7-8,10-11,15-20,24-29,32-35,37-38,41-43,45,73H,4-6,9,12-14,21-23,30-31,36,39-40,44,46-72H2,1-3H3/b10-7-,11-8-,18-15-,19-16-,20-17-,27-24-,28-25-,29-26-,34-32-,35-33-,38-37-,42-41-,45-43-. The second kappa shape index (κ2) is 68.5. The van der Waals surface area contributed by atoms with Gasteiger partial charge in [0.05, 0.1) is 0 Å². The molecule has 0 amide bonds. The van der Waals surface area contributed by atoms with E-state index >= 15 is 0 Å². The maximum Gasteiger partial charge on any atom is 0.306 e. The van der Waals surface area contributed by atoms with Crippen LogP contribution in [0, 0.1) is 0 Å². The van der Waals surface area contributed by atoms with Crippen molar-refractivity contribution in [3.05, 3.63) is 158 Å². The average Bonchev–Trinajstić information content (AvgIpc) is 3.48. The summed E-state index contributed by atoms with van der Waals surface area (Å²) in [5, 5.41) is 0. The zero-order valence-electron chi connectivity index (χ0n) is 52.9. The highest BCUT2D eigenvalue weighted by molar-refractivity contribution is 5.71. The summed E-state index contributed by atoms with van der Waals surface area (Å²) in [6.07, 6.45) is 99.6. The van der Waals surface area contributed by atoms with Gasteiger partial charge in [-0.05, 0) is 141 Å². The summed E-state index contributed by atoms with van der Waals surface area (Å²) in [5.41, 5.74) is 0. The Hall–Kier alpha value is -4.97. The van der Waals surface area contributed by atoms with Gasteiger partial charge in [-0.2, -0.15) is 0 Å². The Morgan fingerprint density at radius 3 is 0.744 bits per heavy atom. The lowest BCUT2D eigenvalue weighted by Crippen LogP contribution is -2.30. The van der Waals surface area contributed by atoms with E-state index in [1.165, 1.54) is 70.6 Å². The molecule has 0 saturated carbocycles. The molecule has 0 aromatic heterocycles. The first kappa shape index (κ1) is 77.0. The van der Waals surface area contributed by atoms with Crippen LogP contribution in [0.4, 0.5) is 0 Å². The minimum Gasteiger partial charge on any atom is -0.462 e. The monoisotopic (exact) mass is 1130 g/mol. The van der Waals surface area contributed by atoms with Crippen molar-refractivity contribution in [1.82, 2.24) is 0 Å². The van der Waals surface area contributed by atoms with Gasteiger partial charge in [0.2, 0.25) is 0 Å². The number of hydrogen-bond donors (Lipinski definition) is 0. The van der Waals surface area contributed by atoms with E-state index in [0.717, 1.165) is 173 Å². The highest BCUT2D eigenvalue weighted by Gasteiger charge is 2.19. The summed E-state index contributed by atoms with van der Waals surface area (Å²) >= 11 is 0. The number of unbranched alkanes of at least 4 members (excludes halogenated alkanes) is 22. The summed E-state index contributed by atoms with van der Waals surface area (Å²) < 4.78 is 16.9. The molecule has 0 aliphatic rings. The van der Waals surface area contributed by atoms with Gasteiger partial charge in [-0.3, -0.25) is 14.4 Å². The van der Waals surface area contributed by atoms with E-state index in [2.05, 4.69) is 179 Å². The first-order chi connectivity index (χ1) is 40.5. The third-order valence-electron chi connectivity index (χ3n) is 13.7. The van der Waals surface area contributed by atoms with Crippen LogP contribution in [-0.4, -0.2) is 37.2 Å². The van der Waals surface area contributed by atoms with Crippen molar-refractivity contribution >= 4 is 17.9 Å². The van der Waals surface area contributed by atoms with E-state index in [4.69, 9.17) is 14.2 Å². The Labute approximate surface area is 505 Å². The van der Waals surface area contributed by atoms with Crippen molar-refractivity contribution in [3.8, 4) is 0 Å². The van der Waals surface area contributed by atoms with Crippen LogP contribution in [0.15, 0.2) is 158 Å². The van der Waals surface area contributed by atoms with E-state index < -0.39 is 6.10 Å². The molecule has 1 unspecified atom stereocenters. The Morgan fingerprint density at radius 2 is 0.476 bits per heavy atom. The predicted octanol–water partition coefficient (Wildman–Crippen LogP) is 23.3. The molecule has 6 nitrogen and oxygen atoms in total. The van der Waals surface area contributed by atoms with Crippen LogP contribution < -0.4 is 0 Å². The fourth-order valence-electron chi connectivity index (χ4n) is 8.78. The maximum absolute atomic E-state index is 12.9. The van der Waals surface area contributed by atoms with Crippen molar-refractivity contribution in [1.29, 1.82) is 0 Å². The first-order valence-corrected chi connectivity index (χ1v) is 33.5. The molecule has 0 aromatic rings. The molecule has 0 radical (unpaired) electrons.